The molecule has 3 aromatic rings. The summed E-state index contributed by atoms with van der Waals surface area (Å²) < 4.78 is 1.81. The van der Waals surface area contributed by atoms with E-state index < -0.39 is 0 Å². The number of hydrogen-bond acceptors (Lipinski definition) is 4. The fourth-order valence-corrected chi connectivity index (χ4v) is 2.35. The van der Waals surface area contributed by atoms with Crippen molar-refractivity contribution in [2.24, 2.45) is 0 Å². The molecule has 102 valence electrons. The highest BCUT2D eigenvalue weighted by molar-refractivity contribution is 5.77. The van der Waals surface area contributed by atoms with Crippen LogP contribution in [0.5, 0.6) is 0 Å². The summed E-state index contributed by atoms with van der Waals surface area (Å²) in [5, 5.41) is 4.46. The van der Waals surface area contributed by atoms with E-state index in [2.05, 4.69) is 45.9 Å². The molecule has 20 heavy (non-hydrogen) atoms. The molecule has 0 unspecified atom stereocenters. The first-order chi connectivity index (χ1) is 9.85. The Bertz CT molecular complexity index is 701. The Hall–Kier alpha value is -2.43. The van der Waals surface area contributed by atoms with Crippen molar-refractivity contribution in [1.29, 1.82) is 0 Å². The van der Waals surface area contributed by atoms with Crippen LogP contribution in [0, 0.1) is 0 Å². The molecule has 0 atom stereocenters. The zero-order chi connectivity index (χ0) is 13.9. The summed E-state index contributed by atoms with van der Waals surface area (Å²) in [5.74, 6) is 0.835. The van der Waals surface area contributed by atoms with E-state index in [9.17, 15) is 0 Å². The van der Waals surface area contributed by atoms with E-state index >= 15 is 0 Å². The van der Waals surface area contributed by atoms with Gasteiger partial charge in [0.15, 0.2) is 5.65 Å². The molecular weight excluding hydrogens is 250 g/mol. The van der Waals surface area contributed by atoms with Crippen LogP contribution in [0.2, 0.25) is 0 Å². The Morgan fingerprint density at radius 3 is 2.50 bits per heavy atom. The maximum atomic E-state index is 4.46. The first-order valence-electron chi connectivity index (χ1n) is 6.84. The SMILES string of the molecule is CCN(CC)c1ncnc2c(-c3ccccc3)cnn12. The van der Waals surface area contributed by atoms with Crippen molar-refractivity contribution in [2.75, 3.05) is 18.0 Å². The lowest BCUT2D eigenvalue weighted by molar-refractivity contribution is 0.767. The minimum atomic E-state index is 0.835. The van der Waals surface area contributed by atoms with Gasteiger partial charge in [0.1, 0.15) is 6.33 Å². The molecular formula is C15H17N5. The maximum Gasteiger partial charge on any atom is 0.230 e. The number of aromatic nitrogens is 4. The van der Waals surface area contributed by atoms with Gasteiger partial charge in [-0.3, -0.25) is 0 Å². The Balaban J connectivity index is 2.17. The van der Waals surface area contributed by atoms with Crippen LogP contribution in [0.3, 0.4) is 0 Å². The molecule has 0 fully saturated rings. The van der Waals surface area contributed by atoms with Gasteiger partial charge < -0.3 is 4.90 Å². The van der Waals surface area contributed by atoms with E-state index in [1.54, 1.807) is 6.33 Å². The quantitative estimate of drug-likeness (QED) is 0.729. The van der Waals surface area contributed by atoms with Crippen molar-refractivity contribution in [1.82, 2.24) is 19.6 Å². The molecule has 0 amide bonds. The second-order valence-corrected chi connectivity index (χ2v) is 4.51. The van der Waals surface area contributed by atoms with E-state index in [0.29, 0.717) is 0 Å². The third-order valence-corrected chi connectivity index (χ3v) is 3.42. The minimum absolute atomic E-state index is 0.835. The van der Waals surface area contributed by atoms with Crippen LogP contribution in [-0.4, -0.2) is 32.7 Å². The van der Waals surface area contributed by atoms with Crippen LogP contribution in [0.4, 0.5) is 5.95 Å². The average molecular weight is 267 g/mol. The second-order valence-electron chi connectivity index (χ2n) is 4.51. The van der Waals surface area contributed by atoms with Crippen LogP contribution >= 0.6 is 0 Å². The summed E-state index contributed by atoms with van der Waals surface area (Å²) in [6.07, 6.45) is 3.46. The van der Waals surface area contributed by atoms with Crippen molar-refractivity contribution >= 4 is 11.6 Å². The lowest BCUT2D eigenvalue weighted by Gasteiger charge is -2.19. The highest BCUT2D eigenvalue weighted by Gasteiger charge is 2.14. The molecule has 2 heterocycles. The van der Waals surface area contributed by atoms with Gasteiger partial charge in [-0.25, -0.2) is 9.97 Å². The molecule has 0 aliphatic rings. The monoisotopic (exact) mass is 267 g/mol. The van der Waals surface area contributed by atoms with Crippen molar-refractivity contribution in [3.63, 3.8) is 0 Å². The Kier molecular flexibility index (Phi) is 3.33. The lowest BCUT2D eigenvalue weighted by Crippen LogP contribution is -2.25. The summed E-state index contributed by atoms with van der Waals surface area (Å²) in [6, 6.07) is 10.2. The molecule has 5 heteroatoms. The Morgan fingerprint density at radius 2 is 1.80 bits per heavy atom. The van der Waals surface area contributed by atoms with Gasteiger partial charge in [-0.2, -0.15) is 9.61 Å². The zero-order valence-electron chi connectivity index (χ0n) is 11.7. The van der Waals surface area contributed by atoms with Gasteiger partial charge in [-0.05, 0) is 19.4 Å². The predicted octanol–water partition coefficient (Wildman–Crippen LogP) is 2.64. The molecule has 0 aliphatic heterocycles. The van der Waals surface area contributed by atoms with Gasteiger partial charge in [0, 0.05) is 18.7 Å². The molecule has 3 rings (SSSR count). The largest absolute Gasteiger partial charge is 0.341 e. The summed E-state index contributed by atoms with van der Waals surface area (Å²) in [5.41, 5.74) is 2.99. The van der Waals surface area contributed by atoms with E-state index in [0.717, 1.165) is 35.8 Å². The van der Waals surface area contributed by atoms with Crippen LogP contribution in [0.15, 0.2) is 42.9 Å². The summed E-state index contributed by atoms with van der Waals surface area (Å²) in [7, 11) is 0. The fourth-order valence-electron chi connectivity index (χ4n) is 2.35. The number of hydrogen-bond donors (Lipinski definition) is 0. The van der Waals surface area contributed by atoms with Crippen LogP contribution < -0.4 is 4.90 Å². The molecule has 0 saturated carbocycles. The summed E-state index contributed by atoms with van der Waals surface area (Å²) >= 11 is 0. The molecule has 0 bridgehead atoms. The number of nitrogens with zero attached hydrogens (tertiary/aromatic N) is 5. The number of fused-ring (bicyclic) bond motifs is 1. The van der Waals surface area contributed by atoms with Crippen LogP contribution in [0.25, 0.3) is 16.8 Å². The zero-order valence-corrected chi connectivity index (χ0v) is 11.7. The molecule has 0 N–H and O–H groups in total. The number of benzene rings is 1. The first-order valence-corrected chi connectivity index (χ1v) is 6.84. The smallest absolute Gasteiger partial charge is 0.230 e. The van der Waals surface area contributed by atoms with Crippen LogP contribution in [-0.2, 0) is 0 Å². The normalized spacial score (nSPS) is 10.9. The predicted molar refractivity (Wildman–Crippen MR) is 79.8 cm³/mol. The number of anilines is 1. The average Bonchev–Trinajstić information content (AvgIpc) is 2.94. The second kappa shape index (κ2) is 5.28. The molecule has 0 spiro atoms. The van der Waals surface area contributed by atoms with Gasteiger partial charge in [-0.1, -0.05) is 30.3 Å². The van der Waals surface area contributed by atoms with Gasteiger partial charge >= 0.3 is 0 Å². The van der Waals surface area contributed by atoms with Gasteiger partial charge in [0.2, 0.25) is 5.95 Å². The molecule has 1 aromatic carbocycles. The molecule has 2 aromatic heterocycles. The van der Waals surface area contributed by atoms with Crippen molar-refractivity contribution in [2.45, 2.75) is 13.8 Å². The van der Waals surface area contributed by atoms with Crippen molar-refractivity contribution in [3.8, 4) is 11.1 Å². The third-order valence-electron chi connectivity index (χ3n) is 3.42. The highest BCUT2D eigenvalue weighted by atomic mass is 15.4. The van der Waals surface area contributed by atoms with E-state index in [-0.39, 0.29) is 0 Å². The molecule has 5 nitrogen and oxygen atoms in total. The first kappa shape index (κ1) is 12.6. The third kappa shape index (κ3) is 2.01. The maximum absolute atomic E-state index is 4.46. The van der Waals surface area contributed by atoms with Crippen molar-refractivity contribution < 1.29 is 0 Å². The standard InChI is InChI=1S/C15H17N5/c1-3-19(4-2)15-17-11-16-14-13(10-18-20(14)15)12-8-6-5-7-9-12/h5-11H,3-4H2,1-2H3. The molecule has 0 radical (unpaired) electrons. The van der Waals surface area contributed by atoms with Gasteiger partial charge in [0.25, 0.3) is 0 Å². The lowest BCUT2D eigenvalue weighted by atomic mass is 10.1. The van der Waals surface area contributed by atoms with Crippen molar-refractivity contribution in [3.05, 3.63) is 42.9 Å². The minimum Gasteiger partial charge on any atom is -0.341 e. The molecule has 0 aliphatic carbocycles. The Labute approximate surface area is 117 Å². The van der Waals surface area contributed by atoms with Gasteiger partial charge in [0.05, 0.1) is 6.20 Å². The fraction of sp³-hybridized carbons (Fsp3) is 0.267. The number of rotatable bonds is 4. The summed E-state index contributed by atoms with van der Waals surface area (Å²) in [6.45, 7) is 6.00. The van der Waals surface area contributed by atoms with E-state index in [1.165, 1.54) is 0 Å². The molecule has 0 saturated heterocycles. The topological polar surface area (TPSA) is 46.3 Å². The highest BCUT2D eigenvalue weighted by Crippen LogP contribution is 2.24. The van der Waals surface area contributed by atoms with E-state index in [1.807, 2.05) is 28.9 Å². The Morgan fingerprint density at radius 1 is 1.05 bits per heavy atom. The van der Waals surface area contributed by atoms with Crippen LogP contribution in [0.1, 0.15) is 13.8 Å². The summed E-state index contributed by atoms with van der Waals surface area (Å²) in [4.78, 5) is 10.9. The van der Waals surface area contributed by atoms with E-state index in [4.69, 9.17) is 0 Å². The van der Waals surface area contributed by atoms with Gasteiger partial charge in [-0.15, -0.1) is 0 Å².